The first-order valence-electron chi connectivity index (χ1n) is 8.20. The van der Waals surface area contributed by atoms with E-state index < -0.39 is 0 Å². The van der Waals surface area contributed by atoms with E-state index in [1.807, 2.05) is 24.1 Å². The summed E-state index contributed by atoms with van der Waals surface area (Å²) in [6, 6.07) is 0. The molecule has 1 fully saturated rings. The first kappa shape index (κ1) is 17.4. The lowest BCUT2D eigenvalue weighted by molar-refractivity contribution is -0.131. The summed E-state index contributed by atoms with van der Waals surface area (Å²) in [7, 11) is 0. The molecule has 1 amide bonds. The van der Waals surface area contributed by atoms with Crippen molar-refractivity contribution in [3.8, 4) is 0 Å². The van der Waals surface area contributed by atoms with E-state index in [9.17, 15) is 4.79 Å². The molecule has 0 bridgehead atoms. The summed E-state index contributed by atoms with van der Waals surface area (Å²) >= 11 is 2.94. The van der Waals surface area contributed by atoms with Crippen molar-refractivity contribution < 1.29 is 9.21 Å². The molecule has 0 aromatic carbocycles. The Morgan fingerprint density at radius 3 is 2.88 bits per heavy atom. The van der Waals surface area contributed by atoms with Crippen molar-refractivity contribution in [3.05, 3.63) is 22.0 Å². The van der Waals surface area contributed by atoms with Crippen molar-refractivity contribution in [2.24, 2.45) is 5.92 Å². The van der Waals surface area contributed by atoms with Crippen molar-refractivity contribution in [1.29, 1.82) is 0 Å². The highest BCUT2D eigenvalue weighted by atomic mass is 32.2. The number of carbonyl (C=O) groups excluding carboxylic acids is 1. The highest BCUT2D eigenvalue weighted by molar-refractivity contribution is 8.00. The Hall–Kier alpha value is -1.41. The molecular weight excluding hydrogens is 344 g/mol. The van der Waals surface area contributed by atoms with Crippen molar-refractivity contribution in [1.82, 2.24) is 20.1 Å². The Balaban J connectivity index is 1.54. The first-order chi connectivity index (χ1) is 11.5. The third-order valence-corrected chi connectivity index (χ3v) is 5.91. The quantitative estimate of drug-likeness (QED) is 0.757. The van der Waals surface area contributed by atoms with Crippen LogP contribution in [0.15, 0.2) is 15.0 Å². The number of likely N-dealkylation sites (tertiary alicyclic amines) is 1. The van der Waals surface area contributed by atoms with Gasteiger partial charge in [0, 0.05) is 18.5 Å². The van der Waals surface area contributed by atoms with Crippen LogP contribution in [0.3, 0.4) is 0 Å². The Labute approximate surface area is 150 Å². The highest BCUT2D eigenvalue weighted by Crippen LogP contribution is 2.26. The molecule has 0 unspecified atom stereocenters. The second kappa shape index (κ2) is 7.65. The van der Waals surface area contributed by atoms with E-state index in [1.165, 1.54) is 11.8 Å². The van der Waals surface area contributed by atoms with Crippen LogP contribution < -0.4 is 0 Å². The van der Waals surface area contributed by atoms with E-state index in [-0.39, 0.29) is 11.2 Å². The molecular formula is C16H22N4O2S2. The minimum absolute atomic E-state index is 0.154. The molecule has 0 saturated carbocycles. The number of carbonyl (C=O) groups is 1. The fourth-order valence-corrected chi connectivity index (χ4v) is 4.09. The van der Waals surface area contributed by atoms with E-state index >= 15 is 0 Å². The number of thioether (sulfide) groups is 1. The van der Waals surface area contributed by atoms with Gasteiger partial charge in [-0.2, -0.15) is 0 Å². The predicted octanol–water partition coefficient (Wildman–Crippen LogP) is 3.16. The van der Waals surface area contributed by atoms with Crippen molar-refractivity contribution in [2.45, 2.75) is 50.5 Å². The van der Waals surface area contributed by atoms with E-state index in [0.717, 1.165) is 36.6 Å². The number of hydrogen-bond donors (Lipinski definition) is 0. The van der Waals surface area contributed by atoms with Gasteiger partial charge in [-0.05, 0) is 32.6 Å². The number of hydrogen-bond acceptors (Lipinski definition) is 7. The van der Waals surface area contributed by atoms with Gasteiger partial charge < -0.3 is 9.32 Å². The molecule has 24 heavy (non-hydrogen) atoms. The van der Waals surface area contributed by atoms with Crippen LogP contribution in [-0.2, 0) is 11.2 Å². The van der Waals surface area contributed by atoms with Gasteiger partial charge in [-0.3, -0.25) is 4.79 Å². The van der Waals surface area contributed by atoms with Gasteiger partial charge in [-0.1, -0.05) is 18.7 Å². The zero-order chi connectivity index (χ0) is 17.1. The molecule has 8 heteroatoms. The van der Waals surface area contributed by atoms with Crippen LogP contribution in [0.2, 0.25) is 0 Å². The third kappa shape index (κ3) is 4.36. The van der Waals surface area contributed by atoms with E-state index in [0.29, 0.717) is 23.5 Å². The number of nitrogens with zero attached hydrogens (tertiary/aromatic N) is 4. The Kier molecular flexibility index (Phi) is 5.55. The largest absolute Gasteiger partial charge is 0.416 e. The molecule has 3 heterocycles. The average molecular weight is 367 g/mol. The number of aromatic nitrogens is 3. The summed E-state index contributed by atoms with van der Waals surface area (Å²) in [6.45, 7) is 7.81. The molecule has 2 aromatic heterocycles. The second-order valence-electron chi connectivity index (χ2n) is 6.26. The van der Waals surface area contributed by atoms with Gasteiger partial charge in [0.05, 0.1) is 22.4 Å². The van der Waals surface area contributed by atoms with Crippen LogP contribution in [0.25, 0.3) is 0 Å². The fraction of sp³-hybridized carbons (Fsp3) is 0.625. The van der Waals surface area contributed by atoms with Crippen LogP contribution in [0.5, 0.6) is 0 Å². The monoisotopic (exact) mass is 366 g/mol. The van der Waals surface area contributed by atoms with Crippen molar-refractivity contribution in [2.75, 3.05) is 13.1 Å². The van der Waals surface area contributed by atoms with Gasteiger partial charge >= 0.3 is 0 Å². The molecule has 2 aromatic rings. The molecule has 0 spiro atoms. The number of piperidine rings is 1. The lowest BCUT2D eigenvalue weighted by Gasteiger charge is -2.31. The molecule has 130 valence electrons. The molecule has 3 rings (SSSR count). The number of amides is 1. The van der Waals surface area contributed by atoms with Crippen LogP contribution in [0, 0.1) is 12.8 Å². The van der Waals surface area contributed by atoms with Crippen molar-refractivity contribution >= 4 is 29.0 Å². The molecule has 1 aliphatic rings. The van der Waals surface area contributed by atoms with Crippen LogP contribution in [0.4, 0.5) is 0 Å². The van der Waals surface area contributed by atoms with Gasteiger partial charge in [-0.15, -0.1) is 21.5 Å². The Morgan fingerprint density at radius 1 is 1.46 bits per heavy atom. The number of aryl methyl sites for hydroxylation is 1. The summed E-state index contributed by atoms with van der Waals surface area (Å²) < 4.78 is 5.66. The summed E-state index contributed by atoms with van der Waals surface area (Å²) in [5, 5.41) is 11.4. The van der Waals surface area contributed by atoms with Crippen LogP contribution in [-0.4, -0.2) is 44.3 Å². The molecule has 1 aliphatic heterocycles. The minimum atomic E-state index is -0.215. The van der Waals surface area contributed by atoms with E-state index in [2.05, 4.69) is 22.1 Å². The smallest absolute Gasteiger partial charge is 0.277 e. The zero-order valence-electron chi connectivity index (χ0n) is 14.2. The number of thiazole rings is 1. The summed E-state index contributed by atoms with van der Waals surface area (Å²) in [6.07, 6.45) is 2.70. The van der Waals surface area contributed by atoms with Crippen LogP contribution in [0.1, 0.15) is 43.3 Å². The second-order valence-corrected chi connectivity index (χ2v) is 8.62. The van der Waals surface area contributed by atoms with Gasteiger partial charge in [0.1, 0.15) is 0 Å². The van der Waals surface area contributed by atoms with Gasteiger partial charge in [-0.25, -0.2) is 4.98 Å². The topological polar surface area (TPSA) is 72.1 Å². The predicted molar refractivity (Wildman–Crippen MR) is 94.3 cm³/mol. The fourth-order valence-electron chi connectivity index (χ4n) is 2.69. The minimum Gasteiger partial charge on any atom is -0.416 e. The normalized spacial score (nSPS) is 17.2. The first-order valence-corrected chi connectivity index (χ1v) is 9.96. The lowest BCUT2D eigenvalue weighted by Crippen LogP contribution is -2.41. The summed E-state index contributed by atoms with van der Waals surface area (Å²) in [4.78, 5) is 18.9. The summed E-state index contributed by atoms with van der Waals surface area (Å²) in [5.74, 6) is 1.40. The molecule has 1 atom stereocenters. The maximum absolute atomic E-state index is 12.5. The number of rotatable bonds is 5. The summed E-state index contributed by atoms with van der Waals surface area (Å²) in [5.41, 5.74) is 0.935. The van der Waals surface area contributed by atoms with Gasteiger partial charge in [0.25, 0.3) is 5.22 Å². The average Bonchev–Trinajstić information content (AvgIpc) is 3.17. The lowest BCUT2D eigenvalue weighted by atomic mass is 9.99. The highest BCUT2D eigenvalue weighted by Gasteiger charge is 2.26. The standard InChI is InChI=1S/C16H22N4O2S2/c1-10-4-6-20(7-5-10)15(21)11(2)24-16-19-18-14(22-16)8-13-9-23-12(3)17-13/h9-11H,4-8H2,1-3H3/t11-/m1/s1. The van der Waals surface area contributed by atoms with E-state index in [4.69, 9.17) is 4.42 Å². The van der Waals surface area contributed by atoms with E-state index in [1.54, 1.807) is 11.3 Å². The maximum Gasteiger partial charge on any atom is 0.277 e. The maximum atomic E-state index is 12.5. The Morgan fingerprint density at radius 2 is 2.21 bits per heavy atom. The molecule has 0 N–H and O–H groups in total. The Bertz CT molecular complexity index is 692. The van der Waals surface area contributed by atoms with Crippen LogP contribution >= 0.6 is 23.1 Å². The molecule has 6 nitrogen and oxygen atoms in total. The molecule has 1 saturated heterocycles. The van der Waals surface area contributed by atoms with Gasteiger partial charge in [0.15, 0.2) is 0 Å². The molecule has 0 radical (unpaired) electrons. The third-order valence-electron chi connectivity index (χ3n) is 4.17. The van der Waals surface area contributed by atoms with Crippen molar-refractivity contribution in [3.63, 3.8) is 0 Å². The SMILES string of the molecule is Cc1nc(Cc2nnc(S[C@H](C)C(=O)N3CCC(C)CC3)o2)cs1. The zero-order valence-corrected chi connectivity index (χ0v) is 15.8. The van der Waals surface area contributed by atoms with Gasteiger partial charge in [0.2, 0.25) is 11.8 Å². The molecule has 0 aliphatic carbocycles.